The van der Waals surface area contributed by atoms with Crippen LogP contribution in [0.3, 0.4) is 0 Å². The maximum absolute atomic E-state index is 13.8. The van der Waals surface area contributed by atoms with E-state index in [1.54, 1.807) is 23.1 Å². The van der Waals surface area contributed by atoms with Crippen LogP contribution in [0.1, 0.15) is 65.7 Å². The maximum atomic E-state index is 13.8. The average molecular weight is 798 g/mol. The molecule has 0 aliphatic carbocycles. The molecule has 3 aromatic carbocycles. The molecule has 5 aromatic rings. The van der Waals surface area contributed by atoms with Gasteiger partial charge < -0.3 is 34.8 Å². The number of morpholine rings is 1. The van der Waals surface area contributed by atoms with Crippen molar-refractivity contribution in [1.82, 2.24) is 29.9 Å². The van der Waals surface area contributed by atoms with E-state index < -0.39 is 0 Å². The number of piperidine rings is 2. The number of likely N-dealkylation sites (tertiary alicyclic amines) is 2. The summed E-state index contributed by atoms with van der Waals surface area (Å²) in [6.07, 6.45) is 6.33. The number of nitrogens with two attached hydrogens (primary N) is 1. The van der Waals surface area contributed by atoms with Gasteiger partial charge in [0.25, 0.3) is 5.91 Å². The van der Waals surface area contributed by atoms with Gasteiger partial charge in [-0.3, -0.25) is 19.8 Å². The molecule has 0 saturated carbocycles. The molecule has 6 heterocycles. The van der Waals surface area contributed by atoms with Gasteiger partial charge in [0.1, 0.15) is 11.9 Å². The summed E-state index contributed by atoms with van der Waals surface area (Å²) >= 11 is 0. The third-order valence-corrected chi connectivity index (χ3v) is 12.7. The van der Waals surface area contributed by atoms with Crippen molar-refractivity contribution < 1.29 is 24.2 Å². The lowest BCUT2D eigenvalue weighted by Crippen LogP contribution is -2.49. The summed E-state index contributed by atoms with van der Waals surface area (Å²) in [7, 11) is 0. The summed E-state index contributed by atoms with van der Waals surface area (Å²) in [6, 6.07) is 23.1. The SMILES string of the molecule is Cc1cc(C(=O)N2CCC(CN3CCC(n4ccc5c(N6CCC(=O)NC6=O)cccc54)CC3)CC2)ccc1[C@H]1CN(c2cc(-c3ccccc3O)nnc2N)CCO1. The van der Waals surface area contributed by atoms with Gasteiger partial charge in [0.15, 0.2) is 5.82 Å². The third kappa shape index (κ3) is 7.82. The Morgan fingerprint density at radius 1 is 0.898 bits per heavy atom. The molecule has 4 aliphatic heterocycles. The molecule has 1 atom stereocenters. The molecular formula is C45H51N9O5. The fourth-order valence-corrected chi connectivity index (χ4v) is 9.46. The zero-order chi connectivity index (χ0) is 40.6. The molecule has 4 fully saturated rings. The lowest BCUT2D eigenvalue weighted by Gasteiger charge is -2.38. The van der Waals surface area contributed by atoms with Crippen LogP contribution in [0.15, 0.2) is 79.0 Å². The van der Waals surface area contributed by atoms with E-state index in [9.17, 15) is 19.5 Å². The van der Waals surface area contributed by atoms with Crippen LogP contribution in [0.2, 0.25) is 0 Å². The van der Waals surface area contributed by atoms with Gasteiger partial charge in [-0.15, -0.1) is 10.2 Å². The topological polar surface area (TPSA) is 162 Å². The van der Waals surface area contributed by atoms with Gasteiger partial charge in [0.05, 0.1) is 29.2 Å². The number of urea groups is 1. The maximum Gasteiger partial charge on any atom is 0.328 e. The number of rotatable bonds is 8. The van der Waals surface area contributed by atoms with Crippen LogP contribution in [0.5, 0.6) is 5.75 Å². The molecule has 14 heteroatoms. The predicted molar refractivity (Wildman–Crippen MR) is 226 cm³/mol. The normalized spacial score (nSPS) is 20.0. The van der Waals surface area contributed by atoms with Crippen molar-refractivity contribution in [3.63, 3.8) is 0 Å². The van der Waals surface area contributed by atoms with Crippen LogP contribution in [0.25, 0.3) is 22.2 Å². The van der Waals surface area contributed by atoms with E-state index in [0.717, 1.165) is 91.8 Å². The zero-order valence-corrected chi connectivity index (χ0v) is 33.4. The number of ether oxygens (including phenoxy) is 1. The van der Waals surface area contributed by atoms with E-state index >= 15 is 0 Å². The third-order valence-electron chi connectivity index (χ3n) is 12.7. The number of nitrogen functional groups attached to an aromatic ring is 1. The first-order chi connectivity index (χ1) is 28.7. The predicted octanol–water partition coefficient (Wildman–Crippen LogP) is 5.91. The van der Waals surface area contributed by atoms with E-state index in [4.69, 9.17) is 10.5 Å². The summed E-state index contributed by atoms with van der Waals surface area (Å²) in [5, 5.41) is 22.3. The highest BCUT2D eigenvalue weighted by Gasteiger charge is 2.31. The molecule has 0 spiro atoms. The minimum Gasteiger partial charge on any atom is -0.507 e. The lowest BCUT2D eigenvalue weighted by atomic mass is 9.93. The molecule has 4 amide bonds. The molecule has 2 aromatic heterocycles. The van der Waals surface area contributed by atoms with Crippen LogP contribution < -0.4 is 20.9 Å². The highest BCUT2D eigenvalue weighted by atomic mass is 16.5. The summed E-state index contributed by atoms with van der Waals surface area (Å²) in [5.74, 6) is 0.860. The highest BCUT2D eigenvalue weighted by Crippen LogP contribution is 2.36. The second-order valence-corrected chi connectivity index (χ2v) is 16.3. The Balaban J connectivity index is 0.769. The monoisotopic (exact) mass is 797 g/mol. The molecule has 306 valence electrons. The summed E-state index contributed by atoms with van der Waals surface area (Å²) in [4.78, 5) is 46.5. The number of aryl methyl sites for hydroxylation is 1. The number of phenolic OH excluding ortho intramolecular Hbond substituents is 1. The first kappa shape index (κ1) is 38.5. The standard InChI is InChI=1S/C45H51N9O5/c1-29-25-31(9-10-33(29)41-28-52(23-24-59-41)39-26-36(48-49-43(39)46)34-5-2-3-8-40(34)55)44(57)51-19-11-30(12-20-51)27-50-17-13-32(14-18-50)53-21-15-35-37(53)6-4-7-38(35)54-22-16-42(56)47-45(54)58/h2-10,15,21,25-26,30,32,41,55H,11-14,16-20,22-24,27-28H2,1H3,(H2,46,49)(H,47,56,58)/t41-/m1/s1. The first-order valence-electron chi connectivity index (χ1n) is 20.8. The number of para-hydroxylation sites is 1. The largest absolute Gasteiger partial charge is 0.507 e. The number of aromatic hydroxyl groups is 1. The van der Waals surface area contributed by atoms with Crippen molar-refractivity contribution in [2.75, 3.05) is 74.5 Å². The number of carbonyl (C=O) groups is 3. The van der Waals surface area contributed by atoms with Crippen molar-refractivity contribution in [1.29, 1.82) is 0 Å². The molecular weight excluding hydrogens is 747 g/mol. The van der Waals surface area contributed by atoms with Gasteiger partial charge in [0, 0.05) is 87.5 Å². The van der Waals surface area contributed by atoms with E-state index in [1.165, 1.54) is 0 Å². The molecule has 0 radical (unpaired) electrons. The van der Waals surface area contributed by atoms with Gasteiger partial charge in [-0.2, -0.15) is 0 Å². The van der Waals surface area contributed by atoms with Crippen molar-refractivity contribution in [2.45, 2.75) is 51.2 Å². The Bertz CT molecular complexity index is 2380. The summed E-state index contributed by atoms with van der Waals surface area (Å²) < 4.78 is 8.62. The number of carbonyl (C=O) groups excluding carboxylic acids is 3. The van der Waals surface area contributed by atoms with E-state index in [2.05, 4.69) is 48.2 Å². The van der Waals surface area contributed by atoms with E-state index in [-0.39, 0.29) is 29.7 Å². The van der Waals surface area contributed by atoms with Crippen molar-refractivity contribution in [2.24, 2.45) is 5.92 Å². The molecule has 9 rings (SSSR count). The smallest absolute Gasteiger partial charge is 0.328 e. The van der Waals surface area contributed by atoms with E-state index in [1.807, 2.05) is 54.3 Å². The number of anilines is 3. The van der Waals surface area contributed by atoms with Gasteiger partial charge in [-0.25, -0.2) is 4.79 Å². The van der Waals surface area contributed by atoms with Gasteiger partial charge >= 0.3 is 6.03 Å². The Morgan fingerprint density at radius 3 is 2.49 bits per heavy atom. The minimum atomic E-state index is -0.359. The van der Waals surface area contributed by atoms with Crippen LogP contribution in [0, 0.1) is 12.8 Å². The number of nitrogens with one attached hydrogen (secondary N) is 1. The molecule has 14 nitrogen and oxygen atoms in total. The summed E-state index contributed by atoms with van der Waals surface area (Å²) in [5.41, 5.74) is 12.9. The molecule has 0 unspecified atom stereocenters. The minimum absolute atomic E-state index is 0.0777. The average Bonchev–Trinajstić information content (AvgIpc) is 3.69. The van der Waals surface area contributed by atoms with Crippen LogP contribution in [-0.2, 0) is 9.53 Å². The second kappa shape index (κ2) is 16.3. The number of amides is 4. The van der Waals surface area contributed by atoms with Crippen LogP contribution in [0.4, 0.5) is 22.0 Å². The van der Waals surface area contributed by atoms with Crippen LogP contribution >= 0.6 is 0 Å². The number of nitrogens with zero attached hydrogens (tertiary/aromatic N) is 7. The number of imide groups is 1. The number of hydrogen-bond acceptors (Lipinski definition) is 10. The summed E-state index contributed by atoms with van der Waals surface area (Å²) in [6.45, 7) is 8.75. The number of benzene rings is 3. The number of fused-ring (bicyclic) bond motifs is 1. The molecule has 4 saturated heterocycles. The molecule has 59 heavy (non-hydrogen) atoms. The van der Waals surface area contributed by atoms with Crippen LogP contribution in [-0.4, -0.2) is 106 Å². The number of hydrogen-bond donors (Lipinski definition) is 3. The Hall–Kier alpha value is -5.99. The second-order valence-electron chi connectivity index (χ2n) is 16.3. The molecule has 4 N–H and O–H groups in total. The van der Waals surface area contributed by atoms with Gasteiger partial charge in [-0.1, -0.05) is 24.3 Å². The zero-order valence-electron chi connectivity index (χ0n) is 33.4. The fraction of sp³-hybridized carbons (Fsp3) is 0.400. The Kier molecular flexibility index (Phi) is 10.7. The van der Waals surface area contributed by atoms with Crippen molar-refractivity contribution >= 4 is 45.9 Å². The van der Waals surface area contributed by atoms with Gasteiger partial charge in [0.2, 0.25) is 5.91 Å². The first-order valence-corrected chi connectivity index (χ1v) is 20.8. The number of aromatic nitrogens is 3. The molecule has 0 bridgehead atoms. The lowest BCUT2D eigenvalue weighted by molar-refractivity contribution is -0.120. The fourth-order valence-electron chi connectivity index (χ4n) is 9.46. The highest BCUT2D eigenvalue weighted by molar-refractivity contribution is 6.09. The number of phenols is 1. The van der Waals surface area contributed by atoms with E-state index in [0.29, 0.717) is 67.3 Å². The quantitative estimate of drug-likeness (QED) is 0.172. The van der Waals surface area contributed by atoms with Crippen molar-refractivity contribution in [3.8, 4) is 17.0 Å². The Morgan fingerprint density at radius 2 is 1.71 bits per heavy atom. The van der Waals surface area contributed by atoms with Crippen molar-refractivity contribution in [3.05, 3.63) is 95.7 Å². The Labute approximate surface area is 343 Å². The molecule has 4 aliphatic rings. The van der Waals surface area contributed by atoms with Gasteiger partial charge in [-0.05, 0) is 98.2 Å².